The maximum atomic E-state index is 12.6. The highest BCUT2D eigenvalue weighted by Crippen LogP contribution is 2.12. The standard InChI is InChI=1S/C14H16F2N4O/c15-13(16)20-9-8-17-12(20)6-7-18-14(21)19-10-11-4-2-1-3-5-11/h1-5,8-9,13H,6-7,10H2,(H2,18,19,21). The van der Waals surface area contributed by atoms with Crippen LogP contribution in [0.25, 0.3) is 0 Å². The fourth-order valence-corrected chi connectivity index (χ4v) is 1.84. The van der Waals surface area contributed by atoms with Gasteiger partial charge in [-0.1, -0.05) is 30.3 Å². The van der Waals surface area contributed by atoms with E-state index in [2.05, 4.69) is 15.6 Å². The lowest BCUT2D eigenvalue weighted by Crippen LogP contribution is -2.36. The molecule has 7 heteroatoms. The Hall–Kier alpha value is -2.44. The van der Waals surface area contributed by atoms with Crippen molar-refractivity contribution in [3.05, 3.63) is 54.1 Å². The van der Waals surface area contributed by atoms with Crippen LogP contribution in [0.4, 0.5) is 13.6 Å². The maximum absolute atomic E-state index is 12.6. The second-order valence-electron chi connectivity index (χ2n) is 4.37. The summed E-state index contributed by atoms with van der Waals surface area (Å²) in [6, 6.07) is 9.14. The van der Waals surface area contributed by atoms with Gasteiger partial charge in [0.25, 0.3) is 0 Å². The molecule has 1 heterocycles. The van der Waals surface area contributed by atoms with Gasteiger partial charge in [0.2, 0.25) is 0 Å². The number of aromatic nitrogens is 2. The van der Waals surface area contributed by atoms with Crippen LogP contribution in [-0.4, -0.2) is 22.1 Å². The van der Waals surface area contributed by atoms with Crippen LogP contribution in [0.2, 0.25) is 0 Å². The van der Waals surface area contributed by atoms with E-state index < -0.39 is 6.55 Å². The molecule has 21 heavy (non-hydrogen) atoms. The molecule has 0 fully saturated rings. The van der Waals surface area contributed by atoms with Gasteiger partial charge in [0, 0.05) is 31.9 Å². The van der Waals surface area contributed by atoms with Crippen molar-refractivity contribution in [2.45, 2.75) is 19.5 Å². The molecule has 0 spiro atoms. The third-order valence-electron chi connectivity index (χ3n) is 2.89. The molecule has 0 saturated carbocycles. The summed E-state index contributed by atoms with van der Waals surface area (Å²) in [4.78, 5) is 15.4. The van der Waals surface area contributed by atoms with Crippen molar-refractivity contribution < 1.29 is 13.6 Å². The number of hydrogen-bond donors (Lipinski definition) is 2. The van der Waals surface area contributed by atoms with Gasteiger partial charge in [-0.2, -0.15) is 8.78 Å². The van der Waals surface area contributed by atoms with E-state index in [-0.39, 0.29) is 24.8 Å². The molecule has 2 amide bonds. The van der Waals surface area contributed by atoms with Gasteiger partial charge in [-0.15, -0.1) is 0 Å². The first-order chi connectivity index (χ1) is 10.2. The van der Waals surface area contributed by atoms with E-state index >= 15 is 0 Å². The molecular weight excluding hydrogens is 278 g/mol. The zero-order valence-corrected chi connectivity index (χ0v) is 11.3. The molecule has 0 aliphatic rings. The minimum absolute atomic E-state index is 0.240. The van der Waals surface area contributed by atoms with E-state index in [1.807, 2.05) is 30.3 Å². The molecule has 0 radical (unpaired) electrons. The Morgan fingerprint density at radius 1 is 1.24 bits per heavy atom. The molecule has 0 unspecified atom stereocenters. The number of halogens is 2. The van der Waals surface area contributed by atoms with Crippen molar-refractivity contribution in [1.82, 2.24) is 20.2 Å². The second-order valence-corrected chi connectivity index (χ2v) is 4.37. The van der Waals surface area contributed by atoms with E-state index in [1.54, 1.807) is 0 Å². The topological polar surface area (TPSA) is 59.0 Å². The Balaban J connectivity index is 1.71. The zero-order chi connectivity index (χ0) is 15.1. The first-order valence-electron chi connectivity index (χ1n) is 6.52. The Morgan fingerprint density at radius 2 is 2.00 bits per heavy atom. The normalized spacial score (nSPS) is 10.6. The molecule has 0 saturated heterocycles. The number of nitrogens with zero attached hydrogens (tertiary/aromatic N) is 2. The summed E-state index contributed by atoms with van der Waals surface area (Å²) in [6.07, 6.45) is 2.78. The SMILES string of the molecule is O=C(NCCc1nccn1C(F)F)NCc1ccccc1. The average Bonchev–Trinajstić information content (AvgIpc) is 2.95. The third-order valence-corrected chi connectivity index (χ3v) is 2.89. The lowest BCUT2D eigenvalue weighted by molar-refractivity contribution is 0.0670. The first kappa shape index (κ1) is 15.0. The largest absolute Gasteiger partial charge is 0.338 e. The van der Waals surface area contributed by atoms with Crippen LogP contribution in [0.1, 0.15) is 17.9 Å². The van der Waals surface area contributed by atoms with Crippen molar-refractivity contribution in [1.29, 1.82) is 0 Å². The van der Waals surface area contributed by atoms with Crippen molar-refractivity contribution >= 4 is 6.03 Å². The summed E-state index contributed by atoms with van der Waals surface area (Å²) in [7, 11) is 0. The van der Waals surface area contributed by atoms with Crippen LogP contribution in [0, 0.1) is 0 Å². The van der Waals surface area contributed by atoms with E-state index in [0.717, 1.165) is 10.1 Å². The molecule has 0 aliphatic heterocycles. The summed E-state index contributed by atoms with van der Waals surface area (Å²) < 4.78 is 25.9. The number of hydrogen-bond acceptors (Lipinski definition) is 2. The molecule has 2 N–H and O–H groups in total. The van der Waals surface area contributed by atoms with Crippen LogP contribution in [0.15, 0.2) is 42.7 Å². The van der Waals surface area contributed by atoms with Crippen LogP contribution in [0.3, 0.4) is 0 Å². The molecule has 0 atom stereocenters. The smallest absolute Gasteiger partial charge is 0.319 e. The summed E-state index contributed by atoms with van der Waals surface area (Å²) in [5.41, 5.74) is 0.987. The molecule has 0 aliphatic carbocycles. The van der Waals surface area contributed by atoms with Crippen molar-refractivity contribution in [2.75, 3.05) is 6.54 Å². The van der Waals surface area contributed by atoms with Crippen LogP contribution < -0.4 is 10.6 Å². The predicted octanol–water partition coefficient (Wildman–Crippen LogP) is 2.32. The van der Waals surface area contributed by atoms with Gasteiger partial charge in [-0.05, 0) is 5.56 Å². The number of amides is 2. The molecule has 1 aromatic carbocycles. The lowest BCUT2D eigenvalue weighted by Gasteiger charge is -2.09. The molecule has 2 aromatic rings. The van der Waals surface area contributed by atoms with Gasteiger partial charge >= 0.3 is 12.6 Å². The van der Waals surface area contributed by atoms with Gasteiger partial charge in [0.15, 0.2) is 0 Å². The minimum atomic E-state index is -2.62. The number of urea groups is 1. The highest BCUT2D eigenvalue weighted by Gasteiger charge is 2.11. The summed E-state index contributed by atoms with van der Waals surface area (Å²) >= 11 is 0. The van der Waals surface area contributed by atoms with Crippen LogP contribution >= 0.6 is 0 Å². The highest BCUT2D eigenvalue weighted by atomic mass is 19.3. The fraction of sp³-hybridized carbons (Fsp3) is 0.286. The van der Waals surface area contributed by atoms with Crippen molar-refractivity contribution in [2.24, 2.45) is 0 Å². The number of imidazole rings is 1. The molecule has 5 nitrogen and oxygen atoms in total. The second kappa shape index (κ2) is 7.37. The van der Waals surface area contributed by atoms with Gasteiger partial charge in [0.05, 0.1) is 0 Å². The van der Waals surface area contributed by atoms with Crippen LogP contribution in [0.5, 0.6) is 0 Å². The van der Waals surface area contributed by atoms with Crippen molar-refractivity contribution in [3.63, 3.8) is 0 Å². The first-order valence-corrected chi connectivity index (χ1v) is 6.52. The highest BCUT2D eigenvalue weighted by molar-refractivity contribution is 5.73. The van der Waals surface area contributed by atoms with Crippen LogP contribution in [-0.2, 0) is 13.0 Å². The fourth-order valence-electron chi connectivity index (χ4n) is 1.84. The monoisotopic (exact) mass is 294 g/mol. The Morgan fingerprint density at radius 3 is 2.71 bits per heavy atom. The number of benzene rings is 1. The molecule has 1 aromatic heterocycles. The number of carbonyl (C=O) groups is 1. The lowest BCUT2D eigenvalue weighted by atomic mass is 10.2. The average molecular weight is 294 g/mol. The Bertz CT molecular complexity index is 571. The molecule has 2 rings (SSSR count). The summed E-state index contributed by atoms with van der Waals surface area (Å²) in [6.45, 7) is -1.96. The van der Waals surface area contributed by atoms with Gasteiger partial charge in [0.1, 0.15) is 5.82 Å². The molecule has 112 valence electrons. The summed E-state index contributed by atoms with van der Waals surface area (Å²) in [5.74, 6) is 0.244. The Kier molecular flexibility index (Phi) is 5.25. The van der Waals surface area contributed by atoms with E-state index in [4.69, 9.17) is 0 Å². The quantitative estimate of drug-likeness (QED) is 0.859. The molecular formula is C14H16F2N4O. The Labute approximate surface area is 121 Å². The number of carbonyl (C=O) groups excluding carboxylic acids is 1. The number of rotatable bonds is 6. The van der Waals surface area contributed by atoms with E-state index in [9.17, 15) is 13.6 Å². The minimum Gasteiger partial charge on any atom is -0.338 e. The number of nitrogens with one attached hydrogen (secondary N) is 2. The zero-order valence-electron chi connectivity index (χ0n) is 11.3. The third kappa shape index (κ3) is 4.55. The van der Waals surface area contributed by atoms with Gasteiger partial charge in [-0.25, -0.2) is 9.78 Å². The maximum Gasteiger partial charge on any atom is 0.319 e. The number of alkyl halides is 2. The predicted molar refractivity (Wildman–Crippen MR) is 73.9 cm³/mol. The van der Waals surface area contributed by atoms with E-state index in [0.29, 0.717) is 6.54 Å². The van der Waals surface area contributed by atoms with Gasteiger partial charge in [-0.3, -0.25) is 4.57 Å². The van der Waals surface area contributed by atoms with Gasteiger partial charge < -0.3 is 10.6 Å². The molecule has 0 bridgehead atoms. The van der Waals surface area contributed by atoms with Crippen molar-refractivity contribution in [3.8, 4) is 0 Å². The van der Waals surface area contributed by atoms with E-state index in [1.165, 1.54) is 12.4 Å². The summed E-state index contributed by atoms with van der Waals surface area (Å²) in [5, 5.41) is 5.30.